The van der Waals surface area contributed by atoms with Gasteiger partial charge in [0.2, 0.25) is 5.91 Å². The molecule has 0 saturated carbocycles. The first-order valence-electron chi connectivity index (χ1n) is 7.60. The summed E-state index contributed by atoms with van der Waals surface area (Å²) in [6.07, 6.45) is 1.64. The van der Waals surface area contributed by atoms with Gasteiger partial charge in [0.15, 0.2) is 0 Å². The number of halogens is 1. The predicted octanol–water partition coefficient (Wildman–Crippen LogP) is 3.83. The molecule has 0 atom stereocenters. The van der Waals surface area contributed by atoms with Crippen molar-refractivity contribution in [3.63, 3.8) is 0 Å². The number of piperidine rings is 1. The van der Waals surface area contributed by atoms with Crippen molar-refractivity contribution in [3.8, 4) is 0 Å². The molecule has 0 bridgehead atoms. The topological polar surface area (TPSA) is 32.3 Å². The van der Waals surface area contributed by atoms with Crippen molar-refractivity contribution in [3.05, 3.63) is 59.1 Å². The van der Waals surface area contributed by atoms with E-state index in [9.17, 15) is 4.79 Å². The lowest BCUT2D eigenvalue weighted by atomic mass is 9.73. The maximum absolute atomic E-state index is 12.6. The molecular weight excluding hydrogens is 296 g/mol. The van der Waals surface area contributed by atoms with Crippen LogP contribution in [-0.2, 0) is 10.2 Å². The van der Waals surface area contributed by atoms with Crippen molar-refractivity contribution in [2.24, 2.45) is 0 Å². The highest BCUT2D eigenvalue weighted by Gasteiger charge is 2.48. The highest BCUT2D eigenvalue weighted by molar-refractivity contribution is 6.31. The van der Waals surface area contributed by atoms with E-state index in [1.807, 2.05) is 24.3 Å². The normalized spacial score (nSPS) is 19.1. The molecule has 112 valence electrons. The molecular formula is C18H17ClN2O. The summed E-state index contributed by atoms with van der Waals surface area (Å²) in [6, 6.07) is 16.1. The predicted molar refractivity (Wildman–Crippen MR) is 89.6 cm³/mol. The quantitative estimate of drug-likeness (QED) is 0.868. The van der Waals surface area contributed by atoms with Crippen LogP contribution >= 0.6 is 11.6 Å². The minimum absolute atomic E-state index is 0.123. The van der Waals surface area contributed by atoms with Crippen LogP contribution in [-0.4, -0.2) is 19.0 Å². The lowest BCUT2D eigenvalue weighted by Gasteiger charge is -2.39. The number of nitrogens with one attached hydrogen (secondary N) is 1. The molecule has 2 aromatic rings. The molecule has 2 heterocycles. The number of fused-ring (bicyclic) bond motifs is 2. The molecule has 2 aliphatic heterocycles. The number of hydrogen-bond acceptors (Lipinski definition) is 2. The van der Waals surface area contributed by atoms with Gasteiger partial charge in [0, 0.05) is 29.5 Å². The van der Waals surface area contributed by atoms with Crippen molar-refractivity contribution >= 4 is 28.9 Å². The van der Waals surface area contributed by atoms with Crippen LogP contribution in [0.2, 0.25) is 5.02 Å². The van der Waals surface area contributed by atoms with Gasteiger partial charge in [-0.05, 0) is 48.7 Å². The third kappa shape index (κ3) is 2.00. The Morgan fingerprint density at radius 2 is 1.77 bits per heavy atom. The molecule has 4 heteroatoms. The van der Waals surface area contributed by atoms with Crippen molar-refractivity contribution in [1.29, 1.82) is 0 Å². The smallest absolute Gasteiger partial charge is 0.235 e. The largest absolute Gasteiger partial charge is 0.371 e. The van der Waals surface area contributed by atoms with Crippen LogP contribution in [0.1, 0.15) is 18.4 Å². The molecule has 22 heavy (non-hydrogen) atoms. The molecule has 2 aromatic carbocycles. The second kappa shape index (κ2) is 5.03. The number of nitrogens with zero attached hydrogens (tertiary/aromatic N) is 1. The number of carbonyl (C=O) groups excluding carboxylic acids is 1. The van der Waals surface area contributed by atoms with Crippen LogP contribution in [0.15, 0.2) is 48.5 Å². The summed E-state index contributed by atoms with van der Waals surface area (Å²) >= 11 is 6.15. The van der Waals surface area contributed by atoms with Crippen molar-refractivity contribution in [1.82, 2.24) is 0 Å². The Balaban J connectivity index is 1.63. The van der Waals surface area contributed by atoms with E-state index in [0.717, 1.165) is 37.2 Å². The monoisotopic (exact) mass is 312 g/mol. The lowest BCUT2D eigenvalue weighted by molar-refractivity contribution is -0.121. The highest BCUT2D eigenvalue weighted by atomic mass is 35.5. The number of hydrogen-bond donors (Lipinski definition) is 1. The molecule has 0 unspecified atom stereocenters. The van der Waals surface area contributed by atoms with Crippen LogP contribution in [0.25, 0.3) is 0 Å². The minimum atomic E-state index is -0.411. The summed E-state index contributed by atoms with van der Waals surface area (Å²) in [5, 5.41) is 3.72. The SMILES string of the molecule is O=C1Nc2ccc(Cl)cc2C12CCN(c1ccccc1)CC2. The van der Waals surface area contributed by atoms with E-state index in [4.69, 9.17) is 11.6 Å². The van der Waals surface area contributed by atoms with Crippen LogP contribution in [0.3, 0.4) is 0 Å². The average Bonchev–Trinajstić information content (AvgIpc) is 2.81. The van der Waals surface area contributed by atoms with Crippen LogP contribution in [0.4, 0.5) is 11.4 Å². The molecule has 2 aliphatic rings. The molecule has 1 spiro atoms. The van der Waals surface area contributed by atoms with Gasteiger partial charge in [-0.3, -0.25) is 4.79 Å². The van der Waals surface area contributed by atoms with Gasteiger partial charge in [-0.15, -0.1) is 0 Å². The van der Waals surface area contributed by atoms with Gasteiger partial charge in [0.05, 0.1) is 5.41 Å². The van der Waals surface area contributed by atoms with E-state index in [0.29, 0.717) is 5.02 Å². The number of rotatable bonds is 1. The van der Waals surface area contributed by atoms with E-state index >= 15 is 0 Å². The van der Waals surface area contributed by atoms with E-state index in [1.54, 1.807) is 0 Å². The Hall–Kier alpha value is -2.00. The van der Waals surface area contributed by atoms with Gasteiger partial charge in [-0.1, -0.05) is 29.8 Å². The Bertz CT molecular complexity index is 721. The first-order valence-corrected chi connectivity index (χ1v) is 7.98. The molecule has 1 amide bonds. The maximum Gasteiger partial charge on any atom is 0.235 e. The summed E-state index contributed by atoms with van der Waals surface area (Å²) < 4.78 is 0. The number of benzene rings is 2. The Morgan fingerprint density at radius 1 is 1.05 bits per heavy atom. The van der Waals surface area contributed by atoms with Gasteiger partial charge < -0.3 is 10.2 Å². The zero-order valence-electron chi connectivity index (χ0n) is 12.2. The number of anilines is 2. The van der Waals surface area contributed by atoms with Crippen LogP contribution < -0.4 is 10.2 Å². The summed E-state index contributed by atoms with van der Waals surface area (Å²) in [7, 11) is 0. The number of carbonyl (C=O) groups is 1. The molecule has 0 radical (unpaired) electrons. The third-order valence-electron chi connectivity index (χ3n) is 4.92. The fourth-order valence-corrected chi connectivity index (χ4v) is 3.84. The summed E-state index contributed by atoms with van der Waals surface area (Å²) in [5.41, 5.74) is 2.80. The van der Waals surface area contributed by atoms with Crippen molar-refractivity contribution < 1.29 is 4.79 Å². The van der Waals surface area contributed by atoms with E-state index in [1.165, 1.54) is 5.69 Å². The van der Waals surface area contributed by atoms with Crippen LogP contribution in [0.5, 0.6) is 0 Å². The maximum atomic E-state index is 12.6. The Kier molecular flexibility index (Phi) is 3.12. The highest BCUT2D eigenvalue weighted by Crippen LogP contribution is 2.46. The van der Waals surface area contributed by atoms with Gasteiger partial charge in [-0.2, -0.15) is 0 Å². The molecule has 4 rings (SSSR count). The molecule has 1 N–H and O–H groups in total. The zero-order valence-corrected chi connectivity index (χ0v) is 12.9. The Morgan fingerprint density at radius 3 is 2.50 bits per heavy atom. The first-order chi connectivity index (χ1) is 10.7. The summed E-state index contributed by atoms with van der Waals surface area (Å²) in [4.78, 5) is 14.9. The first kappa shape index (κ1) is 13.6. The van der Waals surface area contributed by atoms with Crippen LogP contribution in [0, 0.1) is 0 Å². The number of amides is 1. The molecule has 0 aliphatic carbocycles. The molecule has 0 aromatic heterocycles. The van der Waals surface area contributed by atoms with Gasteiger partial charge in [0.1, 0.15) is 0 Å². The third-order valence-corrected chi connectivity index (χ3v) is 5.15. The molecule has 1 saturated heterocycles. The molecule has 1 fully saturated rings. The average molecular weight is 313 g/mol. The second-order valence-electron chi connectivity index (χ2n) is 6.05. The second-order valence-corrected chi connectivity index (χ2v) is 6.49. The standard InChI is InChI=1S/C18H17ClN2O/c19-13-6-7-16-15(12-13)18(17(22)20-16)8-10-21(11-9-18)14-4-2-1-3-5-14/h1-7,12H,8-11H2,(H,20,22). The fourth-order valence-electron chi connectivity index (χ4n) is 3.67. The van der Waals surface area contributed by atoms with E-state index in [2.05, 4.69) is 34.5 Å². The van der Waals surface area contributed by atoms with Crippen molar-refractivity contribution in [2.75, 3.05) is 23.3 Å². The summed E-state index contributed by atoms with van der Waals surface area (Å²) in [5.74, 6) is 0.123. The van der Waals surface area contributed by atoms with E-state index < -0.39 is 5.41 Å². The van der Waals surface area contributed by atoms with Crippen molar-refractivity contribution in [2.45, 2.75) is 18.3 Å². The number of para-hydroxylation sites is 1. The summed E-state index contributed by atoms with van der Waals surface area (Å²) in [6.45, 7) is 1.76. The fraction of sp³-hybridized carbons (Fsp3) is 0.278. The van der Waals surface area contributed by atoms with Gasteiger partial charge in [0.25, 0.3) is 0 Å². The van der Waals surface area contributed by atoms with Gasteiger partial charge >= 0.3 is 0 Å². The van der Waals surface area contributed by atoms with Gasteiger partial charge in [-0.25, -0.2) is 0 Å². The zero-order chi connectivity index (χ0) is 15.2. The minimum Gasteiger partial charge on any atom is -0.371 e. The Labute approximate surface area is 134 Å². The molecule has 3 nitrogen and oxygen atoms in total. The lowest BCUT2D eigenvalue weighted by Crippen LogP contribution is -2.46. The van der Waals surface area contributed by atoms with E-state index in [-0.39, 0.29) is 5.91 Å².